The number of pyridine rings is 1. The fraction of sp³-hybridized carbons (Fsp3) is 0.238. The van der Waals surface area contributed by atoms with Crippen LogP contribution in [-0.4, -0.2) is 28.9 Å². The van der Waals surface area contributed by atoms with Crippen LogP contribution in [0.15, 0.2) is 59.5 Å². The number of thiol groups is 1. The van der Waals surface area contributed by atoms with Crippen LogP contribution >= 0.6 is 12.6 Å². The molecule has 0 fully saturated rings. The SMILES string of the molecule is CCC(C)N(C)C(=O)c1nc2ccccc2c(-c2ccccc2)c1S. The van der Waals surface area contributed by atoms with E-state index in [1.807, 2.05) is 68.6 Å². The zero-order valence-electron chi connectivity index (χ0n) is 14.7. The van der Waals surface area contributed by atoms with Gasteiger partial charge in [0.2, 0.25) is 0 Å². The number of carbonyl (C=O) groups is 1. The van der Waals surface area contributed by atoms with E-state index < -0.39 is 0 Å². The summed E-state index contributed by atoms with van der Waals surface area (Å²) in [5.74, 6) is -0.0951. The Hall–Kier alpha value is -2.33. The molecule has 0 aliphatic rings. The van der Waals surface area contributed by atoms with Crippen LogP contribution in [0, 0.1) is 0 Å². The molecule has 1 aromatic heterocycles. The highest BCUT2D eigenvalue weighted by atomic mass is 32.1. The fourth-order valence-corrected chi connectivity index (χ4v) is 3.28. The predicted octanol–water partition coefficient (Wildman–Crippen LogP) is 5.06. The summed E-state index contributed by atoms with van der Waals surface area (Å²) in [5.41, 5.74) is 3.20. The van der Waals surface area contributed by atoms with Crippen LogP contribution in [-0.2, 0) is 0 Å². The summed E-state index contributed by atoms with van der Waals surface area (Å²) in [4.78, 5) is 20.0. The molecular weight excluding hydrogens is 328 g/mol. The normalized spacial score (nSPS) is 12.2. The molecule has 25 heavy (non-hydrogen) atoms. The third-order valence-electron chi connectivity index (χ3n) is 4.70. The van der Waals surface area contributed by atoms with Gasteiger partial charge in [-0.3, -0.25) is 4.79 Å². The Morgan fingerprint density at radius 1 is 1.12 bits per heavy atom. The predicted molar refractivity (Wildman–Crippen MR) is 106 cm³/mol. The number of hydrogen-bond acceptors (Lipinski definition) is 3. The van der Waals surface area contributed by atoms with E-state index in [4.69, 9.17) is 12.6 Å². The molecule has 4 heteroatoms. The first-order valence-corrected chi connectivity index (χ1v) is 8.93. The third kappa shape index (κ3) is 3.27. The van der Waals surface area contributed by atoms with E-state index in [1.165, 1.54) is 0 Å². The van der Waals surface area contributed by atoms with Crippen molar-refractivity contribution in [1.82, 2.24) is 9.88 Å². The maximum absolute atomic E-state index is 13.0. The summed E-state index contributed by atoms with van der Waals surface area (Å²) < 4.78 is 0. The monoisotopic (exact) mass is 350 g/mol. The van der Waals surface area contributed by atoms with Gasteiger partial charge in [0.25, 0.3) is 5.91 Å². The number of nitrogens with zero attached hydrogens (tertiary/aromatic N) is 2. The van der Waals surface area contributed by atoms with Crippen molar-refractivity contribution < 1.29 is 4.79 Å². The van der Waals surface area contributed by atoms with E-state index in [0.29, 0.717) is 10.6 Å². The van der Waals surface area contributed by atoms with Gasteiger partial charge in [-0.2, -0.15) is 0 Å². The minimum absolute atomic E-state index is 0.0951. The van der Waals surface area contributed by atoms with Gasteiger partial charge in [0.15, 0.2) is 0 Å². The molecule has 0 saturated heterocycles. The summed E-state index contributed by atoms with van der Waals surface area (Å²) in [5, 5.41) is 1.00. The first-order chi connectivity index (χ1) is 12.0. The van der Waals surface area contributed by atoms with E-state index in [-0.39, 0.29) is 11.9 Å². The summed E-state index contributed by atoms with van der Waals surface area (Å²) in [6, 6.07) is 18.1. The van der Waals surface area contributed by atoms with Gasteiger partial charge in [0.05, 0.1) is 5.52 Å². The van der Waals surface area contributed by atoms with Gasteiger partial charge in [-0.25, -0.2) is 4.98 Å². The molecule has 0 saturated carbocycles. The number of rotatable bonds is 4. The van der Waals surface area contributed by atoms with Crippen LogP contribution in [0.5, 0.6) is 0 Å². The van der Waals surface area contributed by atoms with E-state index in [9.17, 15) is 4.79 Å². The molecule has 0 N–H and O–H groups in total. The molecule has 1 amide bonds. The van der Waals surface area contributed by atoms with Gasteiger partial charge in [-0.1, -0.05) is 55.5 Å². The Kier molecular flexibility index (Phi) is 5.09. The summed E-state index contributed by atoms with van der Waals surface area (Å²) in [6.45, 7) is 4.11. The fourth-order valence-electron chi connectivity index (χ4n) is 2.89. The average molecular weight is 350 g/mol. The minimum Gasteiger partial charge on any atom is -0.338 e. The van der Waals surface area contributed by atoms with Gasteiger partial charge in [-0.15, -0.1) is 12.6 Å². The van der Waals surface area contributed by atoms with Crippen molar-refractivity contribution >= 4 is 29.4 Å². The smallest absolute Gasteiger partial charge is 0.273 e. The maximum Gasteiger partial charge on any atom is 0.273 e. The zero-order valence-corrected chi connectivity index (χ0v) is 15.6. The second-order valence-corrected chi connectivity index (χ2v) is 6.69. The van der Waals surface area contributed by atoms with E-state index in [0.717, 1.165) is 28.5 Å². The average Bonchev–Trinajstić information content (AvgIpc) is 2.66. The molecule has 0 radical (unpaired) electrons. The zero-order chi connectivity index (χ0) is 18.0. The van der Waals surface area contributed by atoms with Crippen molar-refractivity contribution in [2.24, 2.45) is 0 Å². The number of carbonyl (C=O) groups excluding carboxylic acids is 1. The first kappa shape index (κ1) is 17.5. The number of para-hydroxylation sites is 1. The van der Waals surface area contributed by atoms with Crippen LogP contribution in [0.25, 0.3) is 22.0 Å². The molecule has 1 unspecified atom stereocenters. The number of aromatic nitrogens is 1. The third-order valence-corrected chi connectivity index (χ3v) is 5.14. The largest absolute Gasteiger partial charge is 0.338 e. The first-order valence-electron chi connectivity index (χ1n) is 8.48. The van der Waals surface area contributed by atoms with Gasteiger partial charge in [0, 0.05) is 28.9 Å². The molecular formula is C21H22N2OS. The number of hydrogen-bond donors (Lipinski definition) is 1. The van der Waals surface area contributed by atoms with Gasteiger partial charge >= 0.3 is 0 Å². The van der Waals surface area contributed by atoms with E-state index in [2.05, 4.69) is 11.9 Å². The molecule has 0 bridgehead atoms. The van der Waals surface area contributed by atoms with Crippen molar-refractivity contribution in [3.63, 3.8) is 0 Å². The lowest BCUT2D eigenvalue weighted by Gasteiger charge is -2.24. The van der Waals surface area contributed by atoms with Crippen LogP contribution in [0.1, 0.15) is 30.8 Å². The van der Waals surface area contributed by atoms with Gasteiger partial charge in [-0.05, 0) is 25.0 Å². The molecule has 0 aliphatic heterocycles. The molecule has 2 aromatic carbocycles. The number of amides is 1. The Labute approximate surface area is 154 Å². The lowest BCUT2D eigenvalue weighted by molar-refractivity contribution is 0.0731. The lowest BCUT2D eigenvalue weighted by atomic mass is 9.99. The van der Waals surface area contributed by atoms with Crippen LogP contribution < -0.4 is 0 Å². The van der Waals surface area contributed by atoms with E-state index >= 15 is 0 Å². The molecule has 3 aromatic rings. The molecule has 128 valence electrons. The Morgan fingerprint density at radius 3 is 2.44 bits per heavy atom. The minimum atomic E-state index is -0.0951. The highest BCUT2D eigenvalue weighted by Crippen LogP contribution is 2.35. The van der Waals surface area contributed by atoms with Crippen molar-refractivity contribution in [3.8, 4) is 11.1 Å². The quantitative estimate of drug-likeness (QED) is 0.667. The van der Waals surface area contributed by atoms with E-state index in [1.54, 1.807) is 4.90 Å². The van der Waals surface area contributed by atoms with Crippen molar-refractivity contribution in [1.29, 1.82) is 0 Å². The van der Waals surface area contributed by atoms with Gasteiger partial charge in [0.1, 0.15) is 5.69 Å². The lowest BCUT2D eigenvalue weighted by Crippen LogP contribution is -2.35. The highest BCUT2D eigenvalue weighted by molar-refractivity contribution is 7.80. The number of benzene rings is 2. The second kappa shape index (κ2) is 7.28. The molecule has 0 spiro atoms. The Morgan fingerprint density at radius 2 is 1.76 bits per heavy atom. The Balaban J connectivity index is 2.25. The van der Waals surface area contributed by atoms with Crippen LogP contribution in [0.4, 0.5) is 0 Å². The standard InChI is InChI=1S/C21H22N2OS/c1-4-14(2)23(3)21(24)19-20(25)18(15-10-6-5-7-11-15)16-12-8-9-13-17(16)22-19/h5-14,25H,4H2,1-3H3. The van der Waals surface area contributed by atoms with Crippen LogP contribution in [0.3, 0.4) is 0 Å². The summed E-state index contributed by atoms with van der Waals surface area (Å²) in [7, 11) is 1.82. The topological polar surface area (TPSA) is 33.2 Å². The van der Waals surface area contributed by atoms with Crippen molar-refractivity contribution in [3.05, 3.63) is 60.3 Å². The molecule has 1 heterocycles. The molecule has 0 aliphatic carbocycles. The van der Waals surface area contributed by atoms with Crippen molar-refractivity contribution in [2.75, 3.05) is 7.05 Å². The highest BCUT2D eigenvalue weighted by Gasteiger charge is 2.23. The summed E-state index contributed by atoms with van der Waals surface area (Å²) >= 11 is 4.72. The molecule has 3 rings (SSSR count). The maximum atomic E-state index is 13.0. The van der Waals surface area contributed by atoms with Gasteiger partial charge < -0.3 is 4.90 Å². The molecule has 3 nitrogen and oxygen atoms in total. The van der Waals surface area contributed by atoms with Crippen molar-refractivity contribution in [2.45, 2.75) is 31.2 Å². The summed E-state index contributed by atoms with van der Waals surface area (Å²) in [6.07, 6.45) is 0.892. The Bertz CT molecular complexity index is 908. The second-order valence-electron chi connectivity index (χ2n) is 6.24. The van der Waals surface area contributed by atoms with Crippen LogP contribution in [0.2, 0.25) is 0 Å². The number of fused-ring (bicyclic) bond motifs is 1. The molecule has 1 atom stereocenters.